The van der Waals surface area contributed by atoms with Crippen molar-refractivity contribution < 1.29 is 18.3 Å². The first-order chi connectivity index (χ1) is 12.5. The average Bonchev–Trinajstić information content (AvgIpc) is 2.67. The molecular weight excluding hydrogens is 352 g/mol. The van der Waals surface area contributed by atoms with Crippen molar-refractivity contribution in [2.45, 2.75) is 24.2 Å². The Hall–Kier alpha value is -2.38. The van der Waals surface area contributed by atoms with E-state index in [1.54, 1.807) is 53.0 Å². The quantitative estimate of drug-likeness (QED) is 0.814. The molecule has 0 unspecified atom stereocenters. The van der Waals surface area contributed by atoms with Gasteiger partial charge in [0.25, 0.3) is 0 Å². The fourth-order valence-electron chi connectivity index (χ4n) is 2.89. The minimum absolute atomic E-state index is 0.0411. The lowest BCUT2D eigenvalue weighted by Gasteiger charge is -2.25. The van der Waals surface area contributed by atoms with E-state index < -0.39 is 10.0 Å². The van der Waals surface area contributed by atoms with Gasteiger partial charge >= 0.3 is 0 Å². The van der Waals surface area contributed by atoms with Crippen LogP contribution in [0.1, 0.15) is 24.8 Å². The van der Waals surface area contributed by atoms with Gasteiger partial charge in [0.05, 0.1) is 17.7 Å². The minimum atomic E-state index is -3.42. The van der Waals surface area contributed by atoms with E-state index in [2.05, 4.69) is 4.99 Å². The highest BCUT2D eigenvalue weighted by molar-refractivity contribution is 7.89. The zero-order chi connectivity index (χ0) is 18.6. The fourth-order valence-corrected chi connectivity index (χ4v) is 4.41. The molecule has 1 fully saturated rings. The summed E-state index contributed by atoms with van der Waals surface area (Å²) in [5.74, 6) is 0.439. The fraction of sp³-hybridized carbons (Fsp3) is 0.316. The number of sulfonamides is 1. The molecule has 26 heavy (non-hydrogen) atoms. The lowest BCUT2D eigenvalue weighted by molar-refractivity contribution is 0.346. The van der Waals surface area contributed by atoms with Crippen molar-refractivity contribution in [3.63, 3.8) is 0 Å². The number of ether oxygens (including phenoxy) is 1. The highest BCUT2D eigenvalue weighted by atomic mass is 32.2. The number of methoxy groups -OCH3 is 1. The molecule has 1 aliphatic heterocycles. The predicted molar refractivity (Wildman–Crippen MR) is 101 cm³/mol. The summed E-state index contributed by atoms with van der Waals surface area (Å²) in [6.45, 7) is 1.17. The molecule has 1 heterocycles. The minimum Gasteiger partial charge on any atom is -0.504 e. The average molecular weight is 374 g/mol. The Balaban J connectivity index is 1.74. The van der Waals surface area contributed by atoms with E-state index in [1.807, 2.05) is 0 Å². The molecular formula is C19H22N2O4S. The van der Waals surface area contributed by atoms with Crippen LogP contribution in [-0.4, -0.2) is 44.2 Å². The van der Waals surface area contributed by atoms with Crippen molar-refractivity contribution in [2.24, 2.45) is 4.99 Å². The third-order valence-electron chi connectivity index (χ3n) is 4.36. The second-order valence-electron chi connectivity index (χ2n) is 6.15. The monoisotopic (exact) mass is 374 g/mol. The third-order valence-corrected chi connectivity index (χ3v) is 6.27. The van der Waals surface area contributed by atoms with Crippen molar-refractivity contribution in [3.8, 4) is 11.5 Å². The van der Waals surface area contributed by atoms with Gasteiger partial charge in [-0.25, -0.2) is 8.42 Å². The van der Waals surface area contributed by atoms with Crippen molar-refractivity contribution in [1.29, 1.82) is 0 Å². The van der Waals surface area contributed by atoms with Gasteiger partial charge in [0.2, 0.25) is 10.0 Å². The summed E-state index contributed by atoms with van der Waals surface area (Å²) in [5.41, 5.74) is 1.35. The van der Waals surface area contributed by atoms with Crippen molar-refractivity contribution >= 4 is 21.9 Å². The number of nitrogens with zero attached hydrogens (tertiary/aromatic N) is 2. The molecule has 0 radical (unpaired) electrons. The molecule has 0 atom stereocenters. The van der Waals surface area contributed by atoms with E-state index in [0.29, 0.717) is 35.0 Å². The van der Waals surface area contributed by atoms with Crippen LogP contribution >= 0.6 is 0 Å². The first-order valence-electron chi connectivity index (χ1n) is 8.52. The molecule has 2 aromatic carbocycles. The summed E-state index contributed by atoms with van der Waals surface area (Å²) in [4.78, 5) is 4.62. The Kier molecular flexibility index (Phi) is 5.58. The number of aromatic hydroxyl groups is 1. The maximum Gasteiger partial charge on any atom is 0.243 e. The molecule has 0 aliphatic carbocycles. The molecule has 0 spiro atoms. The molecule has 1 saturated heterocycles. The maximum atomic E-state index is 12.6. The summed E-state index contributed by atoms with van der Waals surface area (Å²) < 4.78 is 31.8. The zero-order valence-corrected chi connectivity index (χ0v) is 15.4. The number of phenols is 1. The van der Waals surface area contributed by atoms with Gasteiger partial charge in [-0.15, -0.1) is 0 Å². The van der Waals surface area contributed by atoms with Gasteiger partial charge in [-0.05, 0) is 60.9 Å². The van der Waals surface area contributed by atoms with Crippen LogP contribution in [-0.2, 0) is 10.0 Å². The Labute approximate surface area is 153 Å². The SMILES string of the molecule is COc1ccc(C=Nc2ccc(S(=O)(=O)N3CCCCC3)cc2)cc1O. The predicted octanol–water partition coefficient (Wildman–Crippen LogP) is 3.33. The molecule has 0 aromatic heterocycles. The second-order valence-corrected chi connectivity index (χ2v) is 8.09. The molecule has 1 aliphatic rings. The summed E-state index contributed by atoms with van der Waals surface area (Å²) in [5, 5.41) is 9.78. The topological polar surface area (TPSA) is 79.2 Å². The number of benzene rings is 2. The Morgan fingerprint density at radius 1 is 1.08 bits per heavy atom. The van der Waals surface area contributed by atoms with Crippen LogP contribution in [0, 0.1) is 0 Å². The van der Waals surface area contributed by atoms with E-state index in [9.17, 15) is 13.5 Å². The summed E-state index contributed by atoms with van der Waals surface area (Å²) in [7, 11) is -1.94. The van der Waals surface area contributed by atoms with Crippen LogP contribution in [0.5, 0.6) is 11.5 Å². The highest BCUT2D eigenvalue weighted by Crippen LogP contribution is 2.26. The molecule has 7 heteroatoms. The zero-order valence-electron chi connectivity index (χ0n) is 14.6. The number of phenolic OH excluding ortho intramolecular Hbond substituents is 1. The van der Waals surface area contributed by atoms with E-state index in [-0.39, 0.29) is 5.75 Å². The van der Waals surface area contributed by atoms with Gasteiger partial charge in [0.1, 0.15) is 0 Å². The standard InChI is InChI=1S/C19H22N2O4S/c1-25-19-10-5-15(13-18(19)22)14-20-16-6-8-17(9-7-16)26(23,24)21-11-3-2-4-12-21/h5-10,13-14,22H,2-4,11-12H2,1H3. The molecule has 3 rings (SSSR count). The van der Waals surface area contributed by atoms with Gasteiger partial charge in [-0.3, -0.25) is 4.99 Å². The molecule has 138 valence electrons. The summed E-state index contributed by atoms with van der Waals surface area (Å²) in [6, 6.07) is 11.5. The number of hydrogen-bond acceptors (Lipinski definition) is 5. The Bertz CT molecular complexity index is 886. The summed E-state index contributed by atoms with van der Waals surface area (Å²) in [6.07, 6.45) is 4.51. The highest BCUT2D eigenvalue weighted by Gasteiger charge is 2.25. The number of rotatable bonds is 5. The number of hydrogen-bond donors (Lipinski definition) is 1. The van der Waals surface area contributed by atoms with E-state index in [0.717, 1.165) is 19.3 Å². The van der Waals surface area contributed by atoms with Gasteiger partial charge in [0, 0.05) is 19.3 Å². The Morgan fingerprint density at radius 2 is 1.77 bits per heavy atom. The van der Waals surface area contributed by atoms with E-state index in [1.165, 1.54) is 7.11 Å². The van der Waals surface area contributed by atoms with Crippen LogP contribution in [0.3, 0.4) is 0 Å². The maximum absolute atomic E-state index is 12.6. The molecule has 0 bridgehead atoms. The van der Waals surface area contributed by atoms with Crippen LogP contribution < -0.4 is 4.74 Å². The lowest BCUT2D eigenvalue weighted by atomic mass is 10.2. The van der Waals surface area contributed by atoms with E-state index in [4.69, 9.17) is 4.74 Å². The Morgan fingerprint density at radius 3 is 2.38 bits per heavy atom. The smallest absolute Gasteiger partial charge is 0.243 e. The second kappa shape index (κ2) is 7.88. The first kappa shape index (κ1) is 18.4. The normalized spacial score (nSPS) is 16.0. The van der Waals surface area contributed by atoms with Crippen LogP contribution in [0.25, 0.3) is 0 Å². The number of aliphatic imine (C=N–C) groups is 1. The van der Waals surface area contributed by atoms with E-state index >= 15 is 0 Å². The van der Waals surface area contributed by atoms with Crippen molar-refractivity contribution in [1.82, 2.24) is 4.31 Å². The molecule has 0 amide bonds. The molecule has 2 aromatic rings. The third kappa shape index (κ3) is 4.05. The molecule has 6 nitrogen and oxygen atoms in total. The van der Waals surface area contributed by atoms with Gasteiger partial charge in [-0.1, -0.05) is 6.42 Å². The van der Waals surface area contributed by atoms with Crippen LogP contribution in [0.2, 0.25) is 0 Å². The van der Waals surface area contributed by atoms with Gasteiger partial charge in [0.15, 0.2) is 11.5 Å². The lowest BCUT2D eigenvalue weighted by Crippen LogP contribution is -2.35. The summed E-state index contributed by atoms with van der Waals surface area (Å²) >= 11 is 0. The molecule has 1 N–H and O–H groups in total. The van der Waals surface area contributed by atoms with Crippen LogP contribution in [0.4, 0.5) is 5.69 Å². The number of piperidine rings is 1. The van der Waals surface area contributed by atoms with Crippen molar-refractivity contribution in [2.75, 3.05) is 20.2 Å². The van der Waals surface area contributed by atoms with Crippen molar-refractivity contribution in [3.05, 3.63) is 48.0 Å². The van der Waals surface area contributed by atoms with Crippen LogP contribution in [0.15, 0.2) is 52.4 Å². The van der Waals surface area contributed by atoms with Gasteiger partial charge < -0.3 is 9.84 Å². The molecule has 0 saturated carbocycles. The largest absolute Gasteiger partial charge is 0.504 e. The first-order valence-corrected chi connectivity index (χ1v) is 9.96. The van der Waals surface area contributed by atoms with Gasteiger partial charge in [-0.2, -0.15) is 4.31 Å².